The zero-order valence-corrected chi connectivity index (χ0v) is 13.2. The summed E-state index contributed by atoms with van der Waals surface area (Å²) >= 11 is 9.11. The van der Waals surface area contributed by atoms with Crippen LogP contribution in [0.2, 0.25) is 5.02 Å². The lowest BCUT2D eigenvalue weighted by Gasteiger charge is -2.15. The van der Waals surface area contributed by atoms with E-state index >= 15 is 0 Å². The van der Waals surface area contributed by atoms with Crippen molar-refractivity contribution < 1.29 is 9.50 Å². The standard InChI is InChI=1S/C16H15BrClFO/c17-16-13(2-1-3-15(16)19)9-12(10-20)8-11-4-6-14(18)7-5-11/h1-7,12,20H,8-10H2. The Balaban J connectivity index is 2.09. The normalized spacial score (nSPS) is 12.4. The highest BCUT2D eigenvalue weighted by molar-refractivity contribution is 9.10. The summed E-state index contributed by atoms with van der Waals surface area (Å²) in [5.74, 6) is -0.222. The molecule has 20 heavy (non-hydrogen) atoms. The van der Waals surface area contributed by atoms with E-state index in [1.165, 1.54) is 6.07 Å². The zero-order valence-electron chi connectivity index (χ0n) is 10.8. The first-order valence-electron chi connectivity index (χ1n) is 6.38. The number of hydrogen-bond acceptors (Lipinski definition) is 1. The molecule has 1 unspecified atom stereocenters. The molecular formula is C16H15BrClFO. The van der Waals surface area contributed by atoms with Gasteiger partial charge < -0.3 is 5.11 Å². The van der Waals surface area contributed by atoms with Crippen LogP contribution in [0, 0.1) is 11.7 Å². The Hall–Kier alpha value is -0.900. The highest BCUT2D eigenvalue weighted by Gasteiger charge is 2.13. The van der Waals surface area contributed by atoms with Crippen molar-refractivity contribution >= 4 is 27.5 Å². The molecule has 0 saturated heterocycles. The molecule has 0 bridgehead atoms. The molecule has 0 aliphatic rings. The van der Waals surface area contributed by atoms with Gasteiger partial charge >= 0.3 is 0 Å². The number of benzene rings is 2. The van der Waals surface area contributed by atoms with Crippen LogP contribution >= 0.6 is 27.5 Å². The summed E-state index contributed by atoms with van der Waals surface area (Å²) in [7, 11) is 0. The molecule has 1 nitrogen and oxygen atoms in total. The van der Waals surface area contributed by atoms with Gasteiger partial charge in [0, 0.05) is 11.6 Å². The molecule has 0 amide bonds. The Morgan fingerprint density at radius 3 is 2.45 bits per heavy atom. The molecule has 1 N–H and O–H groups in total. The van der Waals surface area contributed by atoms with E-state index in [0.717, 1.165) is 17.5 Å². The molecule has 0 radical (unpaired) electrons. The van der Waals surface area contributed by atoms with Crippen molar-refractivity contribution in [3.05, 3.63) is 68.9 Å². The van der Waals surface area contributed by atoms with E-state index < -0.39 is 0 Å². The SMILES string of the molecule is OCC(Cc1ccc(Cl)cc1)Cc1cccc(F)c1Br. The Labute approximate surface area is 131 Å². The Kier molecular flexibility index (Phi) is 5.58. The lowest BCUT2D eigenvalue weighted by atomic mass is 9.93. The third kappa shape index (κ3) is 4.05. The maximum Gasteiger partial charge on any atom is 0.137 e. The molecular weight excluding hydrogens is 343 g/mol. The molecule has 2 aromatic rings. The van der Waals surface area contributed by atoms with Gasteiger partial charge in [-0.25, -0.2) is 4.39 Å². The molecule has 0 aliphatic heterocycles. The molecule has 0 fully saturated rings. The summed E-state index contributed by atoms with van der Waals surface area (Å²) in [6.45, 7) is 0.0611. The summed E-state index contributed by atoms with van der Waals surface area (Å²) in [4.78, 5) is 0. The van der Waals surface area contributed by atoms with Crippen LogP contribution in [0.15, 0.2) is 46.9 Å². The third-order valence-electron chi connectivity index (χ3n) is 3.24. The van der Waals surface area contributed by atoms with Crippen molar-refractivity contribution in [2.45, 2.75) is 12.8 Å². The summed E-state index contributed by atoms with van der Waals surface area (Å²) in [5, 5.41) is 10.2. The second kappa shape index (κ2) is 7.21. The lowest BCUT2D eigenvalue weighted by molar-refractivity contribution is 0.224. The predicted molar refractivity (Wildman–Crippen MR) is 83.5 cm³/mol. The Morgan fingerprint density at radius 1 is 1.10 bits per heavy atom. The summed E-state index contributed by atoms with van der Waals surface area (Å²) in [6.07, 6.45) is 1.36. The van der Waals surface area contributed by atoms with Gasteiger partial charge in [0.25, 0.3) is 0 Å². The number of halogens is 3. The first-order chi connectivity index (χ1) is 9.60. The van der Waals surface area contributed by atoms with Crippen molar-refractivity contribution in [3.8, 4) is 0 Å². The van der Waals surface area contributed by atoms with Gasteiger partial charge in [-0.1, -0.05) is 35.9 Å². The average molecular weight is 358 g/mol. The van der Waals surface area contributed by atoms with Crippen LogP contribution in [0.3, 0.4) is 0 Å². The second-order valence-corrected chi connectivity index (χ2v) is 6.03. The van der Waals surface area contributed by atoms with E-state index in [0.29, 0.717) is 15.9 Å². The van der Waals surface area contributed by atoms with E-state index in [2.05, 4.69) is 15.9 Å². The largest absolute Gasteiger partial charge is 0.396 e. The van der Waals surface area contributed by atoms with Crippen LogP contribution in [-0.4, -0.2) is 11.7 Å². The number of hydrogen-bond donors (Lipinski definition) is 1. The molecule has 0 spiro atoms. The quantitative estimate of drug-likeness (QED) is 0.827. The molecule has 106 valence electrons. The second-order valence-electron chi connectivity index (χ2n) is 4.80. The van der Waals surface area contributed by atoms with Crippen molar-refractivity contribution in [2.24, 2.45) is 5.92 Å². The fraction of sp³-hybridized carbons (Fsp3) is 0.250. The van der Waals surface area contributed by atoms with Gasteiger partial charge in [-0.15, -0.1) is 0 Å². The average Bonchev–Trinajstić information content (AvgIpc) is 2.45. The van der Waals surface area contributed by atoms with E-state index in [-0.39, 0.29) is 18.3 Å². The Morgan fingerprint density at radius 2 is 1.80 bits per heavy atom. The molecule has 1 atom stereocenters. The first-order valence-corrected chi connectivity index (χ1v) is 7.55. The van der Waals surface area contributed by atoms with Gasteiger partial charge in [0.2, 0.25) is 0 Å². The van der Waals surface area contributed by atoms with Gasteiger partial charge in [-0.3, -0.25) is 0 Å². The van der Waals surface area contributed by atoms with Crippen molar-refractivity contribution in [1.82, 2.24) is 0 Å². The van der Waals surface area contributed by atoms with Gasteiger partial charge in [0.1, 0.15) is 5.82 Å². The predicted octanol–water partition coefficient (Wildman–Crippen LogP) is 4.64. The van der Waals surface area contributed by atoms with Crippen LogP contribution in [0.5, 0.6) is 0 Å². The maximum atomic E-state index is 13.5. The number of rotatable bonds is 5. The van der Waals surface area contributed by atoms with E-state index in [1.807, 2.05) is 30.3 Å². The third-order valence-corrected chi connectivity index (χ3v) is 4.38. The fourth-order valence-corrected chi connectivity index (χ4v) is 2.72. The monoisotopic (exact) mass is 356 g/mol. The van der Waals surface area contributed by atoms with Gasteiger partial charge in [0.15, 0.2) is 0 Å². The van der Waals surface area contributed by atoms with Crippen LogP contribution in [0.1, 0.15) is 11.1 Å². The van der Waals surface area contributed by atoms with Crippen molar-refractivity contribution in [2.75, 3.05) is 6.61 Å². The number of aliphatic hydroxyl groups excluding tert-OH is 1. The molecule has 0 heterocycles. The summed E-state index contributed by atoms with van der Waals surface area (Å²) in [5.41, 5.74) is 1.99. The van der Waals surface area contributed by atoms with Crippen molar-refractivity contribution in [3.63, 3.8) is 0 Å². The first kappa shape index (κ1) is 15.5. The molecule has 0 saturated carbocycles. The molecule has 2 rings (SSSR count). The highest BCUT2D eigenvalue weighted by Crippen LogP contribution is 2.24. The smallest absolute Gasteiger partial charge is 0.137 e. The molecule has 2 aromatic carbocycles. The highest BCUT2D eigenvalue weighted by atomic mass is 79.9. The minimum absolute atomic E-state index is 0.0503. The number of aliphatic hydroxyl groups is 1. The maximum absolute atomic E-state index is 13.5. The van der Waals surface area contributed by atoms with Crippen LogP contribution < -0.4 is 0 Å². The minimum atomic E-state index is -0.273. The van der Waals surface area contributed by atoms with E-state index in [9.17, 15) is 9.50 Å². The fourth-order valence-electron chi connectivity index (χ4n) is 2.17. The van der Waals surface area contributed by atoms with E-state index in [4.69, 9.17) is 11.6 Å². The molecule has 0 aromatic heterocycles. The zero-order chi connectivity index (χ0) is 14.5. The topological polar surface area (TPSA) is 20.2 Å². The van der Waals surface area contributed by atoms with Gasteiger partial charge in [-0.2, -0.15) is 0 Å². The summed E-state index contributed by atoms with van der Waals surface area (Å²) in [6, 6.07) is 12.6. The van der Waals surface area contributed by atoms with Crippen LogP contribution in [0.25, 0.3) is 0 Å². The minimum Gasteiger partial charge on any atom is -0.396 e. The lowest BCUT2D eigenvalue weighted by Crippen LogP contribution is -2.13. The Bertz CT molecular complexity index is 571. The van der Waals surface area contributed by atoms with Crippen LogP contribution in [-0.2, 0) is 12.8 Å². The van der Waals surface area contributed by atoms with Gasteiger partial charge in [0.05, 0.1) is 4.47 Å². The molecule has 0 aliphatic carbocycles. The van der Waals surface area contributed by atoms with E-state index in [1.54, 1.807) is 6.07 Å². The van der Waals surface area contributed by atoms with Gasteiger partial charge in [-0.05, 0) is 64.0 Å². The van der Waals surface area contributed by atoms with Crippen LogP contribution in [0.4, 0.5) is 4.39 Å². The van der Waals surface area contributed by atoms with Crippen molar-refractivity contribution in [1.29, 1.82) is 0 Å². The summed E-state index contributed by atoms with van der Waals surface area (Å²) < 4.78 is 14.0. The molecule has 4 heteroatoms.